The summed E-state index contributed by atoms with van der Waals surface area (Å²) in [6.07, 6.45) is 7.94. The number of amides is 3. The molecule has 3 N–H and O–H groups in total. The van der Waals surface area contributed by atoms with Gasteiger partial charge in [-0.15, -0.1) is 23.1 Å². The van der Waals surface area contributed by atoms with Gasteiger partial charge in [-0.3, -0.25) is 10.2 Å². The summed E-state index contributed by atoms with van der Waals surface area (Å²) in [7, 11) is 0. The van der Waals surface area contributed by atoms with E-state index in [2.05, 4.69) is 28.3 Å². The minimum Gasteiger partial charge on any atom is -0.307 e. The van der Waals surface area contributed by atoms with E-state index in [0.717, 1.165) is 28.2 Å². The lowest BCUT2D eigenvalue weighted by Gasteiger charge is -2.11. The molecule has 2 aromatic rings. The van der Waals surface area contributed by atoms with Gasteiger partial charge in [0.1, 0.15) is 0 Å². The van der Waals surface area contributed by atoms with Gasteiger partial charge >= 0.3 is 6.03 Å². The van der Waals surface area contributed by atoms with Crippen molar-refractivity contribution in [1.29, 1.82) is 0 Å². The SMILES string of the molecule is CSc1sc(C(=O)NNC(=O)Nc2ccc(Cl)cc2)c2c1C=CCC2. The van der Waals surface area contributed by atoms with Crippen LogP contribution in [0.4, 0.5) is 10.5 Å². The van der Waals surface area contributed by atoms with Crippen LogP contribution >= 0.6 is 34.7 Å². The van der Waals surface area contributed by atoms with Crippen LogP contribution in [0.5, 0.6) is 0 Å². The first-order chi connectivity index (χ1) is 12.1. The van der Waals surface area contributed by atoms with Gasteiger partial charge in [0.15, 0.2) is 0 Å². The topological polar surface area (TPSA) is 70.2 Å². The third kappa shape index (κ3) is 4.18. The average Bonchev–Trinajstić information content (AvgIpc) is 3.00. The van der Waals surface area contributed by atoms with Crippen molar-refractivity contribution in [3.8, 4) is 0 Å². The summed E-state index contributed by atoms with van der Waals surface area (Å²) >= 11 is 8.88. The molecule has 0 radical (unpaired) electrons. The molecule has 1 aromatic heterocycles. The van der Waals surface area contributed by atoms with E-state index in [1.807, 2.05) is 6.26 Å². The Kier molecular flexibility index (Phi) is 5.67. The van der Waals surface area contributed by atoms with Crippen molar-refractivity contribution in [2.75, 3.05) is 11.6 Å². The molecular formula is C17H16ClN3O2S2. The quantitative estimate of drug-likeness (QED) is 0.529. The second kappa shape index (κ2) is 7.95. The minimum absolute atomic E-state index is 0.303. The van der Waals surface area contributed by atoms with Crippen LogP contribution < -0.4 is 16.2 Å². The Morgan fingerprint density at radius 1 is 1.20 bits per heavy atom. The van der Waals surface area contributed by atoms with Crippen LogP contribution in [-0.2, 0) is 6.42 Å². The normalized spacial score (nSPS) is 12.4. The van der Waals surface area contributed by atoms with E-state index in [1.54, 1.807) is 36.0 Å². The second-order valence-electron chi connectivity index (χ2n) is 5.30. The maximum atomic E-state index is 12.5. The van der Waals surface area contributed by atoms with E-state index in [0.29, 0.717) is 15.6 Å². The molecule has 1 heterocycles. The number of hydrogen-bond donors (Lipinski definition) is 3. The molecule has 3 amide bonds. The molecule has 0 spiro atoms. The van der Waals surface area contributed by atoms with E-state index in [-0.39, 0.29) is 5.91 Å². The second-order valence-corrected chi connectivity index (χ2v) is 7.83. The van der Waals surface area contributed by atoms with E-state index in [4.69, 9.17) is 11.6 Å². The lowest BCUT2D eigenvalue weighted by molar-refractivity contribution is 0.0941. The summed E-state index contributed by atoms with van der Waals surface area (Å²) in [5, 5.41) is 3.20. The average molecular weight is 394 g/mol. The van der Waals surface area contributed by atoms with Crippen molar-refractivity contribution in [2.45, 2.75) is 17.1 Å². The van der Waals surface area contributed by atoms with Crippen LogP contribution in [0.25, 0.3) is 6.08 Å². The Hall–Kier alpha value is -1.96. The first-order valence-corrected chi connectivity index (χ1v) is 9.99. The molecule has 1 aliphatic carbocycles. The Morgan fingerprint density at radius 3 is 2.68 bits per heavy atom. The fourth-order valence-corrected chi connectivity index (χ4v) is 4.59. The summed E-state index contributed by atoms with van der Waals surface area (Å²) in [5.74, 6) is -0.303. The van der Waals surface area contributed by atoms with Gasteiger partial charge in [-0.05, 0) is 48.9 Å². The van der Waals surface area contributed by atoms with Gasteiger partial charge in [0.05, 0.1) is 9.09 Å². The zero-order chi connectivity index (χ0) is 17.8. The molecule has 3 rings (SSSR count). The van der Waals surface area contributed by atoms with Gasteiger partial charge in [-0.2, -0.15) is 0 Å². The van der Waals surface area contributed by atoms with E-state index in [9.17, 15) is 9.59 Å². The van der Waals surface area contributed by atoms with Gasteiger partial charge < -0.3 is 5.32 Å². The van der Waals surface area contributed by atoms with E-state index >= 15 is 0 Å². The number of hydrogen-bond acceptors (Lipinski definition) is 4. The standard InChI is InChI=1S/C17H16ClN3O2S2/c1-24-16-13-5-3-2-4-12(13)14(25-16)15(22)20-21-17(23)19-11-8-6-10(18)7-9-11/h3,5-9H,2,4H2,1H3,(H,20,22)(H2,19,21,23). The summed E-state index contributed by atoms with van der Waals surface area (Å²) in [6.45, 7) is 0. The number of hydrazine groups is 1. The van der Waals surface area contributed by atoms with Crippen LogP contribution in [0.2, 0.25) is 5.02 Å². The van der Waals surface area contributed by atoms with Crippen molar-refractivity contribution >= 4 is 58.4 Å². The van der Waals surface area contributed by atoms with Gasteiger partial charge in [-0.25, -0.2) is 10.2 Å². The van der Waals surface area contributed by atoms with Crippen LogP contribution in [0.3, 0.4) is 0 Å². The molecule has 0 saturated heterocycles. The maximum absolute atomic E-state index is 12.5. The fourth-order valence-electron chi connectivity index (χ4n) is 2.50. The zero-order valence-electron chi connectivity index (χ0n) is 13.4. The molecule has 0 unspecified atom stereocenters. The van der Waals surface area contributed by atoms with Crippen LogP contribution in [-0.4, -0.2) is 18.2 Å². The molecule has 25 heavy (non-hydrogen) atoms. The lowest BCUT2D eigenvalue weighted by atomic mass is 10.00. The minimum atomic E-state index is -0.522. The summed E-state index contributed by atoms with van der Waals surface area (Å²) in [5.41, 5.74) is 7.60. The Balaban J connectivity index is 1.63. The number of allylic oxidation sites excluding steroid dienone is 1. The van der Waals surface area contributed by atoms with Crippen molar-refractivity contribution < 1.29 is 9.59 Å². The van der Waals surface area contributed by atoms with E-state index < -0.39 is 6.03 Å². The number of urea groups is 1. The smallest absolute Gasteiger partial charge is 0.307 e. The highest BCUT2D eigenvalue weighted by Crippen LogP contribution is 2.38. The number of carbonyl (C=O) groups is 2. The van der Waals surface area contributed by atoms with Crippen LogP contribution in [0.15, 0.2) is 34.6 Å². The number of carbonyl (C=O) groups excluding carboxylic acids is 2. The number of rotatable bonds is 3. The number of benzene rings is 1. The van der Waals surface area contributed by atoms with E-state index in [1.165, 1.54) is 11.3 Å². The Labute approximate surface area is 158 Å². The van der Waals surface area contributed by atoms with Crippen molar-refractivity contribution in [3.63, 3.8) is 0 Å². The van der Waals surface area contributed by atoms with Gasteiger partial charge in [0.2, 0.25) is 0 Å². The predicted molar refractivity (Wildman–Crippen MR) is 105 cm³/mol. The summed E-state index contributed by atoms with van der Waals surface area (Å²) in [4.78, 5) is 25.0. The monoisotopic (exact) mass is 393 g/mol. The van der Waals surface area contributed by atoms with Crippen LogP contribution in [0.1, 0.15) is 27.2 Å². The molecule has 0 fully saturated rings. The molecule has 8 heteroatoms. The third-order valence-electron chi connectivity index (χ3n) is 3.64. The molecule has 0 bridgehead atoms. The predicted octanol–water partition coefficient (Wildman–Crippen LogP) is 4.55. The van der Waals surface area contributed by atoms with Crippen molar-refractivity contribution in [3.05, 3.63) is 51.4 Å². The zero-order valence-corrected chi connectivity index (χ0v) is 15.8. The largest absolute Gasteiger partial charge is 0.337 e. The molecule has 5 nitrogen and oxygen atoms in total. The molecule has 1 aliphatic rings. The molecule has 0 atom stereocenters. The summed E-state index contributed by atoms with van der Waals surface area (Å²) < 4.78 is 1.11. The maximum Gasteiger partial charge on any atom is 0.337 e. The van der Waals surface area contributed by atoms with Gasteiger partial charge in [-0.1, -0.05) is 23.8 Å². The number of anilines is 1. The highest BCUT2D eigenvalue weighted by atomic mass is 35.5. The van der Waals surface area contributed by atoms with Gasteiger partial charge in [0.25, 0.3) is 5.91 Å². The molecule has 1 aromatic carbocycles. The fraction of sp³-hybridized carbons (Fsp3) is 0.176. The first kappa shape index (κ1) is 17.8. The highest BCUT2D eigenvalue weighted by molar-refractivity contribution is 8.00. The number of thioether (sulfide) groups is 1. The van der Waals surface area contributed by atoms with Crippen molar-refractivity contribution in [1.82, 2.24) is 10.9 Å². The number of thiophene rings is 1. The highest BCUT2D eigenvalue weighted by Gasteiger charge is 2.22. The number of nitrogens with one attached hydrogen (secondary N) is 3. The summed E-state index contributed by atoms with van der Waals surface area (Å²) in [6, 6.07) is 6.18. The molecule has 0 aliphatic heterocycles. The van der Waals surface area contributed by atoms with Crippen LogP contribution in [0, 0.1) is 0 Å². The third-order valence-corrected chi connectivity index (χ3v) is 6.28. The number of halogens is 1. The number of fused-ring (bicyclic) bond motifs is 1. The lowest BCUT2D eigenvalue weighted by Crippen LogP contribution is -2.43. The Bertz CT molecular complexity index is 831. The Morgan fingerprint density at radius 2 is 1.96 bits per heavy atom. The van der Waals surface area contributed by atoms with Crippen molar-refractivity contribution in [2.24, 2.45) is 0 Å². The molecule has 0 saturated carbocycles. The first-order valence-electron chi connectivity index (χ1n) is 7.57. The molecule has 130 valence electrons. The van der Waals surface area contributed by atoms with Gasteiger partial charge in [0, 0.05) is 16.3 Å². The molecular weight excluding hydrogens is 378 g/mol.